The lowest BCUT2D eigenvalue weighted by Crippen LogP contribution is -2.32. The zero-order chi connectivity index (χ0) is 23.6. The van der Waals surface area contributed by atoms with Gasteiger partial charge in [0.15, 0.2) is 0 Å². The molecule has 0 aliphatic rings. The van der Waals surface area contributed by atoms with Gasteiger partial charge in [-0.05, 0) is 42.5 Å². The van der Waals surface area contributed by atoms with Crippen molar-refractivity contribution in [1.29, 1.82) is 15.8 Å². The summed E-state index contributed by atoms with van der Waals surface area (Å²) >= 11 is 1.34. The molecule has 0 spiro atoms. The lowest BCUT2D eigenvalue weighted by Gasteiger charge is -2.16. The van der Waals surface area contributed by atoms with E-state index in [9.17, 15) is 25.4 Å². The molecule has 0 saturated heterocycles. The first-order chi connectivity index (χ1) is 16.6. The summed E-state index contributed by atoms with van der Waals surface area (Å²) in [7, 11) is 0. The Kier molecular flexibility index (Phi) is 4.03. The number of rotatable bonds is 1. The summed E-state index contributed by atoms with van der Waals surface area (Å²) in [5, 5.41) is 32.1. The van der Waals surface area contributed by atoms with Crippen LogP contribution in [0.15, 0.2) is 70.3 Å². The molecule has 4 aromatic carbocycles. The second kappa shape index (κ2) is 6.98. The Bertz CT molecular complexity index is 2050. The Morgan fingerprint density at radius 3 is 2.00 bits per heavy atom. The molecule has 0 atom stereocenters. The molecule has 6 nitrogen and oxygen atoms in total. The highest BCUT2D eigenvalue weighted by Gasteiger charge is 2.23. The SMILES string of the molecule is N#Cc1ccc2sc3c(C#N)cc4c(=O)n(-c5ccccc5)c(=O)c5cc(C#N)c(c2c1)c3c45. The number of hydrogen-bond acceptors (Lipinski definition) is 6. The van der Waals surface area contributed by atoms with Gasteiger partial charge in [-0.2, -0.15) is 15.8 Å². The van der Waals surface area contributed by atoms with Crippen molar-refractivity contribution in [2.45, 2.75) is 0 Å². The molecule has 0 aliphatic heterocycles. The van der Waals surface area contributed by atoms with Gasteiger partial charge in [-0.25, -0.2) is 4.57 Å². The fourth-order valence-electron chi connectivity index (χ4n) is 4.64. The minimum atomic E-state index is -0.524. The monoisotopic (exact) mass is 454 g/mol. The van der Waals surface area contributed by atoms with Crippen LogP contribution in [0.3, 0.4) is 0 Å². The van der Waals surface area contributed by atoms with Gasteiger partial charge in [0.25, 0.3) is 11.1 Å². The van der Waals surface area contributed by atoms with Gasteiger partial charge in [0, 0.05) is 26.2 Å². The van der Waals surface area contributed by atoms with Crippen LogP contribution >= 0.6 is 11.3 Å². The molecule has 0 fully saturated rings. The van der Waals surface area contributed by atoms with Crippen molar-refractivity contribution in [3.8, 4) is 23.9 Å². The van der Waals surface area contributed by atoms with Crippen molar-refractivity contribution >= 4 is 53.1 Å². The molecular formula is C27H10N4O2S. The van der Waals surface area contributed by atoms with Gasteiger partial charge in [-0.15, -0.1) is 11.3 Å². The third kappa shape index (κ3) is 2.46. The maximum Gasteiger partial charge on any atom is 0.266 e. The summed E-state index contributed by atoms with van der Waals surface area (Å²) in [5.74, 6) is 0. The number of nitriles is 3. The van der Waals surface area contributed by atoms with Crippen LogP contribution < -0.4 is 11.1 Å². The molecule has 0 saturated carbocycles. The van der Waals surface area contributed by atoms with Crippen LogP contribution in [0.1, 0.15) is 16.7 Å². The highest BCUT2D eigenvalue weighted by atomic mass is 32.1. The summed E-state index contributed by atoms with van der Waals surface area (Å²) in [6.45, 7) is 0. The first-order valence-electron chi connectivity index (χ1n) is 10.2. The normalized spacial score (nSPS) is 11.1. The van der Waals surface area contributed by atoms with Gasteiger partial charge in [0.1, 0.15) is 6.07 Å². The number of hydrogen-bond donors (Lipinski definition) is 0. The summed E-state index contributed by atoms with van der Waals surface area (Å²) < 4.78 is 2.47. The zero-order valence-corrected chi connectivity index (χ0v) is 18.1. The molecule has 0 bridgehead atoms. The van der Waals surface area contributed by atoms with E-state index in [4.69, 9.17) is 0 Å². The number of aromatic nitrogens is 1. The number of benzene rings is 4. The van der Waals surface area contributed by atoms with E-state index >= 15 is 0 Å². The third-order valence-corrected chi connectivity index (χ3v) is 7.27. The number of nitrogens with zero attached hydrogens (tertiary/aromatic N) is 4. The van der Waals surface area contributed by atoms with Crippen LogP contribution in [0.4, 0.5) is 0 Å². The quantitative estimate of drug-likeness (QED) is 0.258. The molecule has 0 N–H and O–H groups in total. The van der Waals surface area contributed by atoms with Crippen LogP contribution in [-0.2, 0) is 0 Å². The van der Waals surface area contributed by atoms with Gasteiger partial charge < -0.3 is 0 Å². The first kappa shape index (κ1) is 19.6. The average molecular weight is 454 g/mol. The predicted octanol–water partition coefficient (Wildman–Crippen LogP) is 4.92. The molecule has 156 valence electrons. The molecule has 2 heterocycles. The molecular weight excluding hydrogens is 444 g/mol. The summed E-state index contributed by atoms with van der Waals surface area (Å²) in [5.41, 5.74) is 0.327. The Morgan fingerprint density at radius 2 is 1.35 bits per heavy atom. The van der Waals surface area contributed by atoms with Crippen LogP contribution in [0.5, 0.6) is 0 Å². The molecule has 34 heavy (non-hydrogen) atoms. The molecule has 0 radical (unpaired) electrons. The highest BCUT2D eigenvalue weighted by molar-refractivity contribution is 7.25. The second-order valence-electron chi connectivity index (χ2n) is 7.83. The van der Waals surface area contributed by atoms with E-state index in [0.29, 0.717) is 43.1 Å². The van der Waals surface area contributed by atoms with Gasteiger partial charge in [-0.1, -0.05) is 18.2 Å². The molecule has 2 aromatic heterocycles. The van der Waals surface area contributed by atoms with Crippen molar-refractivity contribution in [1.82, 2.24) is 4.57 Å². The first-order valence-corrected chi connectivity index (χ1v) is 11.0. The van der Waals surface area contributed by atoms with E-state index in [1.165, 1.54) is 23.5 Å². The standard InChI is InChI=1S/C27H10N4O2S/c28-11-14-6-7-21-18(8-14)22-15(12-29)9-19-23-20(10-16(13-30)25(34-21)24(22)23)27(33)31(26(19)32)17-4-2-1-3-5-17/h1-10H. The van der Waals surface area contributed by atoms with E-state index in [1.54, 1.807) is 48.5 Å². The summed E-state index contributed by atoms with van der Waals surface area (Å²) in [6.07, 6.45) is 0. The molecule has 6 rings (SSSR count). The third-order valence-electron chi connectivity index (χ3n) is 6.07. The summed E-state index contributed by atoms with van der Waals surface area (Å²) in [4.78, 5) is 27.2. The smallest absolute Gasteiger partial charge is 0.266 e. The van der Waals surface area contributed by atoms with Gasteiger partial charge in [0.2, 0.25) is 0 Å². The maximum absolute atomic E-state index is 13.6. The van der Waals surface area contributed by atoms with Crippen LogP contribution in [-0.4, -0.2) is 4.57 Å². The Balaban J connectivity index is 1.99. The zero-order valence-electron chi connectivity index (χ0n) is 17.3. The van der Waals surface area contributed by atoms with E-state index in [2.05, 4.69) is 18.2 Å². The van der Waals surface area contributed by atoms with Crippen molar-refractivity contribution in [3.05, 3.63) is 98.1 Å². The van der Waals surface area contributed by atoms with E-state index < -0.39 is 11.1 Å². The Labute approximate surface area is 195 Å². The number of pyridine rings is 1. The fourth-order valence-corrected chi connectivity index (χ4v) is 5.79. The van der Waals surface area contributed by atoms with Crippen molar-refractivity contribution < 1.29 is 0 Å². The molecule has 0 amide bonds. The topological polar surface area (TPSA) is 110 Å². The van der Waals surface area contributed by atoms with Crippen LogP contribution in [0.25, 0.3) is 47.4 Å². The van der Waals surface area contributed by atoms with Crippen molar-refractivity contribution in [3.63, 3.8) is 0 Å². The highest BCUT2D eigenvalue weighted by Crippen LogP contribution is 2.43. The number of fused-ring (bicyclic) bond motifs is 2. The Morgan fingerprint density at radius 1 is 0.676 bits per heavy atom. The number of para-hydroxylation sites is 1. The molecule has 0 aliphatic carbocycles. The second-order valence-corrected chi connectivity index (χ2v) is 8.88. The summed E-state index contributed by atoms with van der Waals surface area (Å²) in [6, 6.07) is 23.3. The van der Waals surface area contributed by atoms with E-state index in [0.717, 1.165) is 9.27 Å². The minimum absolute atomic E-state index is 0.236. The van der Waals surface area contributed by atoms with Gasteiger partial charge >= 0.3 is 0 Å². The van der Waals surface area contributed by atoms with Gasteiger partial charge in [-0.3, -0.25) is 9.59 Å². The maximum atomic E-state index is 13.6. The van der Waals surface area contributed by atoms with E-state index in [-0.39, 0.29) is 16.3 Å². The minimum Gasteiger partial charge on any atom is -0.268 e. The van der Waals surface area contributed by atoms with Crippen molar-refractivity contribution in [2.24, 2.45) is 0 Å². The molecule has 0 unspecified atom stereocenters. The van der Waals surface area contributed by atoms with Gasteiger partial charge in [0.05, 0.1) is 50.0 Å². The van der Waals surface area contributed by atoms with Crippen molar-refractivity contribution in [2.75, 3.05) is 0 Å². The largest absolute Gasteiger partial charge is 0.268 e. The Hall–Kier alpha value is -5.03. The molecule has 7 heteroatoms. The lowest BCUT2D eigenvalue weighted by molar-refractivity contribution is 0.970. The van der Waals surface area contributed by atoms with Crippen LogP contribution in [0.2, 0.25) is 0 Å². The van der Waals surface area contributed by atoms with Crippen LogP contribution in [0, 0.1) is 34.0 Å². The molecule has 6 aromatic rings. The average Bonchev–Trinajstić information content (AvgIpc) is 2.88. The fraction of sp³-hybridized carbons (Fsp3) is 0. The predicted molar refractivity (Wildman–Crippen MR) is 132 cm³/mol. The van der Waals surface area contributed by atoms with E-state index in [1.807, 2.05) is 0 Å². The lowest BCUT2D eigenvalue weighted by atomic mass is 9.92.